The van der Waals surface area contributed by atoms with E-state index in [1.165, 1.54) is 0 Å². The number of anilines is 1. The molecular formula is C11H15BrN2O2. The summed E-state index contributed by atoms with van der Waals surface area (Å²) in [5.41, 5.74) is 6.55. The molecular weight excluding hydrogens is 272 g/mol. The number of nitrogens with two attached hydrogens (primary N) is 1. The lowest BCUT2D eigenvalue weighted by molar-refractivity contribution is 0.0916. The van der Waals surface area contributed by atoms with E-state index < -0.39 is 0 Å². The van der Waals surface area contributed by atoms with Gasteiger partial charge < -0.3 is 16.2 Å². The van der Waals surface area contributed by atoms with Crippen molar-refractivity contribution in [3.8, 4) is 0 Å². The standard InChI is InChI=1S/C11H15BrN2O2/c1-2-8(6-15)14-11(16)9-5-7(12)3-4-10(9)13/h3-5,8,15H,2,6,13H2,1H3,(H,14,16)/t8-/m1/s1. The zero-order valence-corrected chi connectivity index (χ0v) is 10.6. The molecule has 1 aromatic rings. The number of halogens is 1. The average molecular weight is 287 g/mol. The number of nitrogens with one attached hydrogen (secondary N) is 1. The number of amides is 1. The van der Waals surface area contributed by atoms with Crippen molar-refractivity contribution in [3.05, 3.63) is 28.2 Å². The Hall–Kier alpha value is -1.07. The van der Waals surface area contributed by atoms with Crippen molar-refractivity contribution in [1.82, 2.24) is 5.32 Å². The van der Waals surface area contributed by atoms with Crippen molar-refractivity contribution >= 4 is 27.5 Å². The Morgan fingerprint density at radius 1 is 1.62 bits per heavy atom. The molecule has 5 heteroatoms. The highest BCUT2D eigenvalue weighted by Gasteiger charge is 2.13. The highest BCUT2D eigenvalue weighted by molar-refractivity contribution is 9.10. The lowest BCUT2D eigenvalue weighted by atomic mass is 10.1. The highest BCUT2D eigenvalue weighted by atomic mass is 79.9. The van der Waals surface area contributed by atoms with Crippen LogP contribution in [-0.4, -0.2) is 23.7 Å². The smallest absolute Gasteiger partial charge is 0.253 e. The van der Waals surface area contributed by atoms with Gasteiger partial charge in [-0.1, -0.05) is 22.9 Å². The summed E-state index contributed by atoms with van der Waals surface area (Å²) in [5, 5.41) is 11.7. The molecule has 0 aliphatic rings. The molecule has 4 nitrogen and oxygen atoms in total. The first-order valence-electron chi connectivity index (χ1n) is 5.05. The number of benzene rings is 1. The topological polar surface area (TPSA) is 75.3 Å². The van der Waals surface area contributed by atoms with Crippen LogP contribution in [0.1, 0.15) is 23.7 Å². The molecule has 4 N–H and O–H groups in total. The fraction of sp³-hybridized carbons (Fsp3) is 0.364. The molecule has 1 aromatic carbocycles. The van der Waals surface area contributed by atoms with Crippen LogP contribution < -0.4 is 11.1 Å². The summed E-state index contributed by atoms with van der Waals surface area (Å²) in [7, 11) is 0. The number of hydrogen-bond acceptors (Lipinski definition) is 3. The van der Waals surface area contributed by atoms with Gasteiger partial charge >= 0.3 is 0 Å². The fourth-order valence-electron chi connectivity index (χ4n) is 1.27. The first-order chi connectivity index (χ1) is 7.58. The number of hydrogen-bond donors (Lipinski definition) is 3. The lowest BCUT2D eigenvalue weighted by Gasteiger charge is -2.15. The van der Waals surface area contributed by atoms with Crippen molar-refractivity contribution < 1.29 is 9.90 Å². The van der Waals surface area contributed by atoms with E-state index in [1.807, 2.05) is 6.92 Å². The quantitative estimate of drug-likeness (QED) is 0.735. The van der Waals surface area contributed by atoms with Gasteiger partial charge in [0.25, 0.3) is 5.91 Å². The van der Waals surface area contributed by atoms with Gasteiger partial charge in [-0.2, -0.15) is 0 Å². The maximum atomic E-state index is 11.8. The second kappa shape index (κ2) is 5.86. The molecule has 1 atom stereocenters. The van der Waals surface area contributed by atoms with Crippen LogP contribution in [0.4, 0.5) is 5.69 Å². The van der Waals surface area contributed by atoms with Gasteiger partial charge in [0.2, 0.25) is 0 Å². The summed E-state index contributed by atoms with van der Waals surface area (Å²) < 4.78 is 0.795. The van der Waals surface area contributed by atoms with E-state index in [0.717, 1.165) is 4.47 Å². The maximum Gasteiger partial charge on any atom is 0.253 e. The Kier molecular flexibility index (Phi) is 4.76. The molecule has 0 fully saturated rings. The molecule has 16 heavy (non-hydrogen) atoms. The molecule has 0 bridgehead atoms. The molecule has 0 spiro atoms. The van der Waals surface area contributed by atoms with Crippen LogP contribution in [0.25, 0.3) is 0 Å². The SMILES string of the molecule is CC[C@H](CO)NC(=O)c1cc(Br)ccc1N. The van der Waals surface area contributed by atoms with E-state index in [1.54, 1.807) is 18.2 Å². The largest absolute Gasteiger partial charge is 0.398 e. The van der Waals surface area contributed by atoms with Crippen LogP contribution in [0, 0.1) is 0 Å². The molecule has 0 unspecified atom stereocenters. The Bertz CT molecular complexity index is 378. The molecule has 88 valence electrons. The van der Waals surface area contributed by atoms with Gasteiger partial charge in [-0.05, 0) is 24.6 Å². The minimum absolute atomic E-state index is 0.0733. The van der Waals surface area contributed by atoms with Crippen molar-refractivity contribution in [3.63, 3.8) is 0 Å². The third-order valence-corrected chi connectivity index (χ3v) is 2.80. The first-order valence-corrected chi connectivity index (χ1v) is 5.84. The van der Waals surface area contributed by atoms with Gasteiger partial charge in [0.1, 0.15) is 0 Å². The van der Waals surface area contributed by atoms with Crippen LogP contribution in [0.2, 0.25) is 0 Å². The summed E-state index contributed by atoms with van der Waals surface area (Å²) in [6.07, 6.45) is 0.677. The number of nitrogen functional groups attached to an aromatic ring is 1. The van der Waals surface area contributed by atoms with E-state index in [2.05, 4.69) is 21.2 Å². The molecule has 0 aliphatic carbocycles. The van der Waals surface area contributed by atoms with Crippen molar-refractivity contribution in [2.24, 2.45) is 0 Å². The Balaban J connectivity index is 2.83. The Morgan fingerprint density at radius 2 is 2.31 bits per heavy atom. The molecule has 1 amide bonds. The summed E-state index contributed by atoms with van der Waals surface area (Å²) in [6.45, 7) is 1.82. The number of rotatable bonds is 4. The predicted octanol–water partition coefficient (Wildman–Crippen LogP) is 1.53. The van der Waals surface area contributed by atoms with E-state index >= 15 is 0 Å². The monoisotopic (exact) mass is 286 g/mol. The fourth-order valence-corrected chi connectivity index (χ4v) is 1.63. The molecule has 0 heterocycles. The third kappa shape index (κ3) is 3.21. The number of aliphatic hydroxyl groups is 1. The lowest BCUT2D eigenvalue weighted by Crippen LogP contribution is -2.37. The number of carbonyl (C=O) groups is 1. The highest BCUT2D eigenvalue weighted by Crippen LogP contribution is 2.18. The van der Waals surface area contributed by atoms with Crippen LogP contribution >= 0.6 is 15.9 Å². The second-order valence-corrected chi connectivity index (χ2v) is 4.41. The van der Waals surface area contributed by atoms with Gasteiger partial charge in [0, 0.05) is 10.2 Å². The molecule has 0 aliphatic heterocycles. The maximum absolute atomic E-state index is 11.8. The molecule has 0 radical (unpaired) electrons. The van der Waals surface area contributed by atoms with E-state index in [4.69, 9.17) is 10.8 Å². The number of carbonyl (C=O) groups excluding carboxylic acids is 1. The summed E-state index contributed by atoms with van der Waals surface area (Å²) in [5.74, 6) is -0.264. The van der Waals surface area contributed by atoms with Gasteiger partial charge in [-0.3, -0.25) is 4.79 Å². The van der Waals surface area contributed by atoms with E-state index in [-0.39, 0.29) is 18.6 Å². The van der Waals surface area contributed by atoms with Crippen molar-refractivity contribution in [2.45, 2.75) is 19.4 Å². The van der Waals surface area contributed by atoms with E-state index in [9.17, 15) is 4.79 Å². The van der Waals surface area contributed by atoms with Crippen LogP contribution in [0.15, 0.2) is 22.7 Å². The summed E-state index contributed by atoms with van der Waals surface area (Å²) in [4.78, 5) is 11.8. The van der Waals surface area contributed by atoms with Gasteiger partial charge in [0.15, 0.2) is 0 Å². The zero-order valence-electron chi connectivity index (χ0n) is 9.03. The zero-order chi connectivity index (χ0) is 12.1. The Morgan fingerprint density at radius 3 is 2.88 bits per heavy atom. The summed E-state index contributed by atoms with van der Waals surface area (Å²) in [6, 6.07) is 4.87. The normalized spacial score (nSPS) is 12.2. The van der Waals surface area contributed by atoms with Crippen LogP contribution in [0.5, 0.6) is 0 Å². The summed E-state index contributed by atoms with van der Waals surface area (Å²) >= 11 is 3.28. The molecule has 0 saturated heterocycles. The van der Waals surface area contributed by atoms with Crippen LogP contribution in [0.3, 0.4) is 0 Å². The third-order valence-electron chi connectivity index (χ3n) is 2.31. The van der Waals surface area contributed by atoms with Gasteiger partial charge in [-0.15, -0.1) is 0 Å². The molecule has 1 rings (SSSR count). The number of aliphatic hydroxyl groups excluding tert-OH is 1. The minimum atomic E-state index is -0.264. The Labute approximate surface area is 103 Å². The van der Waals surface area contributed by atoms with Crippen molar-refractivity contribution in [1.29, 1.82) is 0 Å². The first kappa shape index (κ1) is 13.0. The van der Waals surface area contributed by atoms with Crippen molar-refractivity contribution in [2.75, 3.05) is 12.3 Å². The molecule has 0 aromatic heterocycles. The van der Waals surface area contributed by atoms with Gasteiger partial charge in [-0.25, -0.2) is 0 Å². The van der Waals surface area contributed by atoms with E-state index in [0.29, 0.717) is 17.7 Å². The van der Waals surface area contributed by atoms with Gasteiger partial charge in [0.05, 0.1) is 18.2 Å². The minimum Gasteiger partial charge on any atom is -0.398 e. The predicted molar refractivity (Wildman–Crippen MR) is 67.2 cm³/mol. The van der Waals surface area contributed by atoms with Crippen LogP contribution in [-0.2, 0) is 0 Å². The second-order valence-electron chi connectivity index (χ2n) is 3.49. The average Bonchev–Trinajstić information content (AvgIpc) is 2.28. The molecule has 0 saturated carbocycles.